The van der Waals surface area contributed by atoms with Crippen LogP contribution >= 0.6 is 11.6 Å². The molecule has 29 heavy (non-hydrogen) atoms. The number of ether oxygens (including phenoxy) is 1. The number of aryl methyl sites for hydroxylation is 1. The molecular formula is C19H20ClN7O2. The van der Waals surface area contributed by atoms with Crippen molar-refractivity contribution in [2.45, 2.75) is 6.92 Å². The van der Waals surface area contributed by atoms with E-state index in [-0.39, 0.29) is 12.5 Å². The van der Waals surface area contributed by atoms with E-state index in [4.69, 9.17) is 16.3 Å². The van der Waals surface area contributed by atoms with E-state index < -0.39 is 0 Å². The molecule has 2 aromatic heterocycles. The summed E-state index contributed by atoms with van der Waals surface area (Å²) in [4.78, 5) is 20.3. The minimum absolute atomic E-state index is 0.00742. The summed E-state index contributed by atoms with van der Waals surface area (Å²) < 4.78 is 7.17. The number of anilines is 1. The first-order chi connectivity index (χ1) is 14.1. The Morgan fingerprint density at radius 1 is 1.10 bits per heavy atom. The van der Waals surface area contributed by atoms with Crippen LogP contribution in [0.25, 0.3) is 5.82 Å². The molecule has 0 saturated carbocycles. The van der Waals surface area contributed by atoms with Crippen molar-refractivity contribution in [3.05, 3.63) is 53.6 Å². The highest BCUT2D eigenvalue weighted by Gasteiger charge is 2.22. The molecule has 10 heteroatoms. The molecule has 0 bridgehead atoms. The van der Waals surface area contributed by atoms with Crippen molar-refractivity contribution in [1.82, 2.24) is 29.9 Å². The molecule has 9 nitrogen and oxygen atoms in total. The summed E-state index contributed by atoms with van der Waals surface area (Å²) in [7, 11) is 0. The SMILES string of the molecule is Cc1cc(OCC(=O)N2CCN(c3ccc(-n4cncn4)nn3)CC2)ccc1Cl. The van der Waals surface area contributed by atoms with Crippen LogP contribution in [0.1, 0.15) is 5.56 Å². The van der Waals surface area contributed by atoms with E-state index in [0.717, 1.165) is 11.4 Å². The van der Waals surface area contributed by atoms with Gasteiger partial charge >= 0.3 is 0 Å². The fourth-order valence-electron chi connectivity index (χ4n) is 3.06. The van der Waals surface area contributed by atoms with Crippen molar-refractivity contribution >= 4 is 23.3 Å². The maximum absolute atomic E-state index is 12.5. The van der Waals surface area contributed by atoms with E-state index in [2.05, 4.69) is 25.2 Å². The zero-order chi connectivity index (χ0) is 20.2. The third kappa shape index (κ3) is 4.45. The molecule has 1 amide bonds. The number of piperazine rings is 1. The zero-order valence-electron chi connectivity index (χ0n) is 15.9. The molecule has 0 aliphatic carbocycles. The van der Waals surface area contributed by atoms with Crippen LogP contribution in [0.4, 0.5) is 5.82 Å². The van der Waals surface area contributed by atoms with Crippen LogP contribution < -0.4 is 9.64 Å². The minimum Gasteiger partial charge on any atom is -0.484 e. The predicted octanol–water partition coefficient (Wildman–Crippen LogP) is 1.75. The third-order valence-corrected chi connectivity index (χ3v) is 5.16. The quantitative estimate of drug-likeness (QED) is 0.629. The maximum atomic E-state index is 12.5. The molecule has 0 radical (unpaired) electrons. The molecule has 4 rings (SSSR count). The van der Waals surface area contributed by atoms with Gasteiger partial charge in [0.25, 0.3) is 5.91 Å². The number of aromatic nitrogens is 5. The smallest absolute Gasteiger partial charge is 0.260 e. The second-order valence-corrected chi connectivity index (χ2v) is 7.06. The molecular weight excluding hydrogens is 394 g/mol. The second kappa shape index (κ2) is 8.44. The Morgan fingerprint density at radius 2 is 1.86 bits per heavy atom. The molecule has 0 spiro atoms. The second-order valence-electron chi connectivity index (χ2n) is 6.66. The standard InChI is InChI=1S/C19H20ClN7O2/c1-14-10-15(2-3-16(14)20)29-11-19(28)26-8-6-25(7-9-26)17-4-5-18(24-23-17)27-13-21-12-22-27/h2-5,10,12-13H,6-9,11H2,1H3. The average Bonchev–Trinajstić information content (AvgIpc) is 3.29. The van der Waals surface area contributed by atoms with Crippen molar-refractivity contribution in [1.29, 1.82) is 0 Å². The van der Waals surface area contributed by atoms with Gasteiger partial charge in [0, 0.05) is 31.2 Å². The number of benzene rings is 1. The number of carbonyl (C=O) groups excluding carboxylic acids is 1. The molecule has 1 aromatic carbocycles. The van der Waals surface area contributed by atoms with Gasteiger partial charge in [-0.3, -0.25) is 4.79 Å². The highest BCUT2D eigenvalue weighted by Crippen LogP contribution is 2.21. The van der Waals surface area contributed by atoms with Crippen LogP contribution in [0.2, 0.25) is 5.02 Å². The molecule has 3 heterocycles. The van der Waals surface area contributed by atoms with Crippen LogP contribution in [0.15, 0.2) is 43.0 Å². The summed E-state index contributed by atoms with van der Waals surface area (Å²) in [6.45, 7) is 4.49. The van der Waals surface area contributed by atoms with Crippen LogP contribution in [0.3, 0.4) is 0 Å². The topological polar surface area (TPSA) is 89.3 Å². The van der Waals surface area contributed by atoms with E-state index in [1.165, 1.54) is 6.33 Å². The van der Waals surface area contributed by atoms with Crippen LogP contribution in [-0.2, 0) is 4.79 Å². The Bertz CT molecular complexity index is 971. The van der Waals surface area contributed by atoms with Crippen molar-refractivity contribution in [3.63, 3.8) is 0 Å². The van der Waals surface area contributed by atoms with E-state index in [0.29, 0.717) is 42.8 Å². The van der Waals surface area contributed by atoms with Crippen LogP contribution in [0, 0.1) is 6.92 Å². The van der Waals surface area contributed by atoms with Crippen molar-refractivity contribution < 1.29 is 9.53 Å². The van der Waals surface area contributed by atoms with Crippen molar-refractivity contribution in [3.8, 4) is 11.6 Å². The minimum atomic E-state index is -0.0372. The number of amides is 1. The summed E-state index contributed by atoms with van der Waals surface area (Å²) in [6.07, 6.45) is 3.02. The van der Waals surface area contributed by atoms with Gasteiger partial charge in [0.05, 0.1) is 0 Å². The molecule has 0 N–H and O–H groups in total. The van der Waals surface area contributed by atoms with Gasteiger partial charge in [0.1, 0.15) is 18.4 Å². The number of halogens is 1. The number of carbonyl (C=O) groups is 1. The Morgan fingerprint density at radius 3 is 2.52 bits per heavy atom. The van der Waals surface area contributed by atoms with Gasteiger partial charge in [0.15, 0.2) is 18.2 Å². The fraction of sp³-hybridized carbons (Fsp3) is 0.316. The van der Waals surface area contributed by atoms with Crippen molar-refractivity contribution in [2.24, 2.45) is 0 Å². The lowest BCUT2D eigenvalue weighted by molar-refractivity contribution is -0.133. The monoisotopic (exact) mass is 413 g/mol. The lowest BCUT2D eigenvalue weighted by atomic mass is 10.2. The molecule has 0 unspecified atom stereocenters. The van der Waals surface area contributed by atoms with E-state index in [1.54, 1.807) is 28.0 Å². The molecule has 3 aromatic rings. The number of hydrogen-bond acceptors (Lipinski definition) is 7. The molecule has 150 valence electrons. The third-order valence-electron chi connectivity index (χ3n) is 4.74. The summed E-state index contributed by atoms with van der Waals surface area (Å²) in [5.41, 5.74) is 0.918. The van der Waals surface area contributed by atoms with Gasteiger partial charge in [-0.05, 0) is 42.8 Å². The first kappa shape index (κ1) is 19.1. The van der Waals surface area contributed by atoms with Crippen LogP contribution in [-0.4, -0.2) is 68.6 Å². The zero-order valence-corrected chi connectivity index (χ0v) is 16.7. The summed E-state index contributed by atoms with van der Waals surface area (Å²) >= 11 is 6.01. The average molecular weight is 414 g/mol. The van der Waals surface area contributed by atoms with Crippen molar-refractivity contribution in [2.75, 3.05) is 37.7 Å². The Hall–Kier alpha value is -3.20. The van der Waals surface area contributed by atoms with Gasteiger partial charge in [-0.15, -0.1) is 10.2 Å². The summed E-state index contributed by atoms with van der Waals surface area (Å²) in [6, 6.07) is 9.10. The normalized spacial score (nSPS) is 14.1. The van der Waals surface area contributed by atoms with Gasteiger partial charge < -0.3 is 14.5 Å². The van der Waals surface area contributed by atoms with Crippen LogP contribution in [0.5, 0.6) is 5.75 Å². The molecule has 1 fully saturated rings. The number of rotatable bonds is 5. The predicted molar refractivity (Wildman–Crippen MR) is 107 cm³/mol. The summed E-state index contributed by atoms with van der Waals surface area (Å²) in [5.74, 6) is 1.98. The Balaban J connectivity index is 1.28. The molecule has 1 saturated heterocycles. The molecule has 1 aliphatic rings. The maximum Gasteiger partial charge on any atom is 0.260 e. The lowest BCUT2D eigenvalue weighted by Crippen LogP contribution is -2.50. The number of hydrogen-bond donors (Lipinski definition) is 0. The van der Waals surface area contributed by atoms with E-state index in [1.807, 2.05) is 25.1 Å². The highest BCUT2D eigenvalue weighted by molar-refractivity contribution is 6.31. The van der Waals surface area contributed by atoms with Gasteiger partial charge in [0.2, 0.25) is 0 Å². The van der Waals surface area contributed by atoms with E-state index >= 15 is 0 Å². The highest BCUT2D eigenvalue weighted by atomic mass is 35.5. The fourth-order valence-corrected chi connectivity index (χ4v) is 3.18. The van der Waals surface area contributed by atoms with Gasteiger partial charge in [-0.2, -0.15) is 5.10 Å². The first-order valence-corrected chi connectivity index (χ1v) is 9.58. The Labute approximate surface area is 172 Å². The van der Waals surface area contributed by atoms with Gasteiger partial charge in [-0.25, -0.2) is 9.67 Å². The Kier molecular flexibility index (Phi) is 5.57. The van der Waals surface area contributed by atoms with Gasteiger partial charge in [-0.1, -0.05) is 11.6 Å². The van der Waals surface area contributed by atoms with E-state index in [9.17, 15) is 4.79 Å². The molecule has 1 aliphatic heterocycles. The largest absolute Gasteiger partial charge is 0.484 e. The molecule has 0 atom stereocenters. The number of nitrogens with zero attached hydrogens (tertiary/aromatic N) is 7. The first-order valence-electron chi connectivity index (χ1n) is 9.20. The lowest BCUT2D eigenvalue weighted by Gasteiger charge is -2.35. The summed E-state index contributed by atoms with van der Waals surface area (Å²) in [5, 5.41) is 13.2.